The van der Waals surface area contributed by atoms with Crippen molar-refractivity contribution < 1.29 is 9.59 Å². The second-order valence-corrected chi connectivity index (χ2v) is 4.93. The van der Waals surface area contributed by atoms with Crippen LogP contribution in [0.1, 0.15) is 36.4 Å². The second-order valence-electron chi connectivity index (χ2n) is 4.93. The first-order valence-corrected chi connectivity index (χ1v) is 6.50. The first-order chi connectivity index (χ1) is 9.08. The average Bonchev–Trinajstić information content (AvgIpc) is 2.38. The molecule has 1 aromatic carbocycles. The van der Waals surface area contributed by atoms with Crippen LogP contribution < -0.4 is 16.8 Å². The molecule has 0 saturated heterocycles. The van der Waals surface area contributed by atoms with E-state index < -0.39 is 11.9 Å². The van der Waals surface area contributed by atoms with Gasteiger partial charge in [-0.3, -0.25) is 9.59 Å². The lowest BCUT2D eigenvalue weighted by molar-refractivity contribution is -0.126. The van der Waals surface area contributed by atoms with E-state index in [2.05, 4.69) is 11.4 Å². The summed E-state index contributed by atoms with van der Waals surface area (Å²) in [5.41, 5.74) is 13.1. The van der Waals surface area contributed by atoms with Crippen LogP contribution in [0, 0.1) is 0 Å². The second kappa shape index (κ2) is 7.26. The number of nitrogens with one attached hydrogen (secondary N) is 1. The van der Waals surface area contributed by atoms with E-state index in [0.717, 1.165) is 24.8 Å². The number of hydrogen-bond donors (Lipinski definition) is 3. The molecule has 0 bridgehead atoms. The van der Waals surface area contributed by atoms with Gasteiger partial charge in [-0.15, -0.1) is 12.4 Å². The first-order valence-electron chi connectivity index (χ1n) is 6.50. The van der Waals surface area contributed by atoms with Crippen molar-refractivity contribution in [3.63, 3.8) is 0 Å². The number of hydrogen-bond acceptors (Lipinski definition) is 3. The maximum Gasteiger partial charge on any atom is 0.237 e. The molecule has 1 aliphatic rings. The fourth-order valence-corrected chi connectivity index (χ4v) is 2.49. The summed E-state index contributed by atoms with van der Waals surface area (Å²) in [4.78, 5) is 22.7. The van der Waals surface area contributed by atoms with Crippen LogP contribution in [0.3, 0.4) is 0 Å². The van der Waals surface area contributed by atoms with E-state index >= 15 is 0 Å². The summed E-state index contributed by atoms with van der Waals surface area (Å²) in [5.74, 6) is -0.882. The predicted octanol–water partition coefficient (Wildman–Crippen LogP) is 0.805. The van der Waals surface area contributed by atoms with E-state index in [4.69, 9.17) is 11.5 Å². The lowest BCUT2D eigenvalue weighted by Gasteiger charge is -2.27. The molecule has 110 valence electrons. The predicted molar refractivity (Wildman–Crippen MR) is 79.3 cm³/mol. The molecule has 1 aromatic rings. The number of fused-ring (bicyclic) bond motifs is 1. The third-order valence-corrected chi connectivity index (χ3v) is 3.44. The van der Waals surface area contributed by atoms with E-state index in [0.29, 0.717) is 0 Å². The zero-order chi connectivity index (χ0) is 13.8. The highest BCUT2D eigenvalue weighted by molar-refractivity contribution is 5.87. The molecule has 0 radical (unpaired) electrons. The Morgan fingerprint density at radius 3 is 2.75 bits per heavy atom. The Labute approximate surface area is 124 Å². The zero-order valence-electron chi connectivity index (χ0n) is 11.2. The summed E-state index contributed by atoms with van der Waals surface area (Å²) in [6.07, 6.45) is 2.84. The Morgan fingerprint density at radius 2 is 2.05 bits per heavy atom. The van der Waals surface area contributed by atoms with Crippen LogP contribution in [0.25, 0.3) is 0 Å². The smallest absolute Gasteiger partial charge is 0.237 e. The molecule has 0 fully saturated rings. The molecule has 0 saturated carbocycles. The summed E-state index contributed by atoms with van der Waals surface area (Å²) >= 11 is 0. The average molecular weight is 298 g/mol. The van der Waals surface area contributed by atoms with Gasteiger partial charge in [0.15, 0.2) is 0 Å². The summed E-state index contributed by atoms with van der Waals surface area (Å²) in [7, 11) is 0. The minimum absolute atomic E-state index is 0. The topological polar surface area (TPSA) is 98.2 Å². The molecule has 0 aromatic heterocycles. The molecule has 1 aliphatic carbocycles. The van der Waals surface area contributed by atoms with Crippen molar-refractivity contribution in [3.05, 3.63) is 35.4 Å². The van der Waals surface area contributed by atoms with Crippen LogP contribution in [0.2, 0.25) is 0 Å². The quantitative estimate of drug-likeness (QED) is 0.767. The first kappa shape index (κ1) is 16.5. The zero-order valence-corrected chi connectivity index (χ0v) is 12.0. The van der Waals surface area contributed by atoms with Gasteiger partial charge in [0.25, 0.3) is 0 Å². The number of benzene rings is 1. The largest absolute Gasteiger partial charge is 0.370 e. The lowest BCUT2D eigenvalue weighted by atomic mass is 9.87. The van der Waals surface area contributed by atoms with Crippen LogP contribution in [-0.2, 0) is 16.0 Å². The van der Waals surface area contributed by atoms with Gasteiger partial charge in [0.05, 0.1) is 18.5 Å². The van der Waals surface area contributed by atoms with Crippen LogP contribution >= 0.6 is 12.4 Å². The van der Waals surface area contributed by atoms with Gasteiger partial charge in [-0.25, -0.2) is 0 Å². The number of nitrogens with two attached hydrogens (primary N) is 2. The Kier molecular flexibility index (Phi) is 5.98. The van der Waals surface area contributed by atoms with Crippen molar-refractivity contribution in [2.24, 2.45) is 11.5 Å². The number of amides is 2. The van der Waals surface area contributed by atoms with Gasteiger partial charge in [-0.2, -0.15) is 0 Å². The fraction of sp³-hybridized carbons (Fsp3) is 0.429. The Balaban J connectivity index is 0.00000200. The molecule has 5 N–H and O–H groups in total. The summed E-state index contributed by atoms with van der Waals surface area (Å²) in [6.45, 7) is 0. The highest BCUT2D eigenvalue weighted by Gasteiger charge is 2.24. The number of aryl methyl sites for hydroxylation is 1. The van der Waals surface area contributed by atoms with Gasteiger partial charge < -0.3 is 16.8 Å². The number of halogens is 1. The van der Waals surface area contributed by atoms with Crippen molar-refractivity contribution in [1.82, 2.24) is 5.32 Å². The minimum atomic E-state index is -0.869. The molecule has 0 spiro atoms. The van der Waals surface area contributed by atoms with Crippen LogP contribution in [-0.4, -0.2) is 17.9 Å². The number of carbonyl (C=O) groups excluding carboxylic acids is 2. The molecule has 2 amide bonds. The standard InChI is InChI=1S/C14H19N3O2.ClH/c15-11(8-13(16)18)14(19)17-12-7-3-5-9-4-1-2-6-10(9)12;/h1-2,4,6,11-12H,3,5,7-8,15H2,(H2,16,18)(H,17,19);1H. The fourth-order valence-electron chi connectivity index (χ4n) is 2.49. The number of carbonyl (C=O) groups is 2. The summed E-state index contributed by atoms with van der Waals surface area (Å²) in [6, 6.07) is 7.19. The molecular weight excluding hydrogens is 278 g/mol. The van der Waals surface area contributed by atoms with Gasteiger partial charge >= 0.3 is 0 Å². The Bertz CT molecular complexity index is 493. The van der Waals surface area contributed by atoms with Crippen LogP contribution in [0.15, 0.2) is 24.3 Å². The van der Waals surface area contributed by atoms with Crippen molar-refractivity contribution in [1.29, 1.82) is 0 Å². The summed E-state index contributed by atoms with van der Waals surface area (Å²) < 4.78 is 0. The van der Waals surface area contributed by atoms with E-state index in [1.54, 1.807) is 0 Å². The monoisotopic (exact) mass is 297 g/mol. The van der Waals surface area contributed by atoms with E-state index in [1.165, 1.54) is 5.56 Å². The van der Waals surface area contributed by atoms with Gasteiger partial charge in [-0.1, -0.05) is 24.3 Å². The van der Waals surface area contributed by atoms with Crippen molar-refractivity contribution in [2.75, 3.05) is 0 Å². The molecule has 2 rings (SSSR count). The molecule has 6 heteroatoms. The number of rotatable bonds is 4. The summed E-state index contributed by atoms with van der Waals surface area (Å²) in [5, 5.41) is 2.91. The third kappa shape index (κ3) is 3.95. The third-order valence-electron chi connectivity index (χ3n) is 3.44. The van der Waals surface area contributed by atoms with Crippen molar-refractivity contribution in [2.45, 2.75) is 37.8 Å². The highest BCUT2D eigenvalue weighted by atomic mass is 35.5. The molecule has 0 heterocycles. The maximum absolute atomic E-state index is 11.9. The highest BCUT2D eigenvalue weighted by Crippen LogP contribution is 2.29. The molecule has 5 nitrogen and oxygen atoms in total. The van der Waals surface area contributed by atoms with Gasteiger partial charge in [0.1, 0.15) is 0 Å². The van der Waals surface area contributed by atoms with Crippen molar-refractivity contribution in [3.8, 4) is 0 Å². The number of primary amides is 1. The molecule has 0 aliphatic heterocycles. The normalized spacial score (nSPS) is 18.4. The maximum atomic E-state index is 11.9. The Hall–Kier alpha value is -1.59. The van der Waals surface area contributed by atoms with Crippen LogP contribution in [0.5, 0.6) is 0 Å². The Morgan fingerprint density at radius 1 is 1.35 bits per heavy atom. The van der Waals surface area contributed by atoms with Crippen molar-refractivity contribution >= 4 is 24.2 Å². The minimum Gasteiger partial charge on any atom is -0.370 e. The molecule has 20 heavy (non-hydrogen) atoms. The van der Waals surface area contributed by atoms with Gasteiger partial charge in [-0.05, 0) is 30.4 Å². The molecule has 2 unspecified atom stereocenters. The lowest BCUT2D eigenvalue weighted by Crippen LogP contribution is -2.44. The van der Waals surface area contributed by atoms with E-state index in [-0.39, 0.29) is 30.8 Å². The molecule has 2 atom stereocenters. The van der Waals surface area contributed by atoms with Gasteiger partial charge in [0.2, 0.25) is 11.8 Å². The van der Waals surface area contributed by atoms with Gasteiger partial charge in [0, 0.05) is 0 Å². The SMILES string of the molecule is Cl.NC(=O)CC(N)C(=O)NC1CCCc2ccccc21. The van der Waals surface area contributed by atoms with Crippen LogP contribution in [0.4, 0.5) is 0 Å². The van der Waals surface area contributed by atoms with E-state index in [1.807, 2.05) is 18.2 Å². The molecular formula is C14H20ClN3O2. The van der Waals surface area contributed by atoms with E-state index in [9.17, 15) is 9.59 Å².